The van der Waals surface area contributed by atoms with E-state index in [4.69, 9.17) is 14.2 Å². The number of aliphatic hydroxyl groups is 5. The van der Waals surface area contributed by atoms with E-state index in [-0.39, 0.29) is 19.4 Å². The number of esters is 1. The standard InChI is InChI=1S/C75H133NO10/c1-4-7-10-13-16-19-22-25-27-29-31-33-34-35-36-37-39-41-43-45-48-51-54-57-60-63-70(80)86-73-72(82)71(81)69(64-77)85-75(73)84-65-66(67(78)61-58-55-52-49-46-24-21-18-15-12-9-6-3)76-74(83)68(79)62-59-56-53-50-47-44-42-40-38-32-30-28-26-23-20-17-14-11-8-5-2/h16-17,19-20,25-28,31-33,38,58,61,66-69,71-73,75,77-79,81-82H,4-15,18,21-24,29-30,34-37,39-57,59-60,62-65H2,1-3H3,(H,76,83)/b19-16-,20-17-,27-25-,28-26-,33-31-,38-32-,61-58+. The topological polar surface area (TPSA) is 175 Å². The summed E-state index contributed by atoms with van der Waals surface area (Å²) in [6.07, 6.45) is 71.8. The summed E-state index contributed by atoms with van der Waals surface area (Å²) in [4.78, 5) is 26.7. The Bertz CT molecular complexity index is 1720. The lowest BCUT2D eigenvalue weighted by atomic mass is 9.99. The smallest absolute Gasteiger partial charge is 0.306 e. The first-order valence-electron chi connectivity index (χ1n) is 35.9. The van der Waals surface area contributed by atoms with Crippen molar-refractivity contribution < 1.29 is 49.3 Å². The molecule has 1 aliphatic rings. The zero-order chi connectivity index (χ0) is 62.4. The van der Waals surface area contributed by atoms with E-state index in [0.717, 1.165) is 96.3 Å². The number of carbonyl (C=O) groups is 2. The number of hydrogen-bond donors (Lipinski definition) is 6. The minimum Gasteiger partial charge on any atom is -0.454 e. The van der Waals surface area contributed by atoms with Gasteiger partial charge in [-0.1, -0.05) is 292 Å². The molecular formula is C75H133NO10. The molecule has 1 aliphatic heterocycles. The van der Waals surface area contributed by atoms with E-state index in [0.29, 0.717) is 12.8 Å². The maximum absolute atomic E-state index is 13.5. The molecule has 0 aromatic heterocycles. The van der Waals surface area contributed by atoms with Gasteiger partial charge in [-0.3, -0.25) is 9.59 Å². The van der Waals surface area contributed by atoms with Crippen molar-refractivity contribution in [2.24, 2.45) is 0 Å². The second-order valence-corrected chi connectivity index (χ2v) is 24.6. The lowest BCUT2D eigenvalue weighted by Crippen LogP contribution is -2.61. The third-order valence-electron chi connectivity index (χ3n) is 16.5. The Morgan fingerprint density at radius 2 is 0.802 bits per heavy atom. The summed E-state index contributed by atoms with van der Waals surface area (Å²) in [6, 6.07) is -1.03. The summed E-state index contributed by atoms with van der Waals surface area (Å²) in [7, 11) is 0. The molecule has 11 nitrogen and oxygen atoms in total. The van der Waals surface area contributed by atoms with Crippen molar-refractivity contribution >= 4 is 11.9 Å². The molecule has 0 saturated carbocycles. The Morgan fingerprint density at radius 3 is 1.22 bits per heavy atom. The Labute approximate surface area is 527 Å². The summed E-state index contributed by atoms with van der Waals surface area (Å²) < 4.78 is 17.7. The highest BCUT2D eigenvalue weighted by atomic mass is 16.7. The summed E-state index contributed by atoms with van der Waals surface area (Å²) in [5.41, 5.74) is 0. The number of hydrogen-bond acceptors (Lipinski definition) is 10. The molecule has 6 N–H and O–H groups in total. The van der Waals surface area contributed by atoms with Gasteiger partial charge in [-0.15, -0.1) is 0 Å². The third kappa shape index (κ3) is 48.7. The zero-order valence-corrected chi connectivity index (χ0v) is 55.4. The van der Waals surface area contributed by atoms with E-state index in [2.05, 4.69) is 99.0 Å². The van der Waals surface area contributed by atoms with Crippen LogP contribution in [0.25, 0.3) is 0 Å². The van der Waals surface area contributed by atoms with Gasteiger partial charge in [0.15, 0.2) is 12.4 Å². The van der Waals surface area contributed by atoms with Crippen LogP contribution in [0.3, 0.4) is 0 Å². The van der Waals surface area contributed by atoms with Gasteiger partial charge in [0.05, 0.1) is 25.4 Å². The number of rotatable bonds is 61. The van der Waals surface area contributed by atoms with Crippen LogP contribution in [0.2, 0.25) is 0 Å². The zero-order valence-electron chi connectivity index (χ0n) is 55.4. The van der Waals surface area contributed by atoms with Gasteiger partial charge in [0.1, 0.15) is 24.4 Å². The number of carbonyl (C=O) groups excluding carboxylic acids is 2. The molecular weight excluding hydrogens is 1070 g/mol. The fourth-order valence-corrected chi connectivity index (χ4v) is 10.8. The fourth-order valence-electron chi connectivity index (χ4n) is 10.8. The highest BCUT2D eigenvalue weighted by molar-refractivity contribution is 5.80. The molecule has 8 atom stereocenters. The second kappa shape index (κ2) is 62.1. The van der Waals surface area contributed by atoms with Crippen molar-refractivity contribution in [1.82, 2.24) is 5.32 Å². The molecule has 1 fully saturated rings. The molecule has 0 bridgehead atoms. The van der Waals surface area contributed by atoms with Crippen LogP contribution in [-0.2, 0) is 23.8 Å². The van der Waals surface area contributed by atoms with Gasteiger partial charge < -0.3 is 45.1 Å². The summed E-state index contributed by atoms with van der Waals surface area (Å²) in [5, 5.41) is 57.2. The van der Waals surface area contributed by atoms with Crippen LogP contribution in [0.15, 0.2) is 85.1 Å². The first-order chi connectivity index (χ1) is 42.2. The van der Waals surface area contributed by atoms with Crippen molar-refractivity contribution in [2.75, 3.05) is 13.2 Å². The van der Waals surface area contributed by atoms with E-state index in [1.165, 1.54) is 173 Å². The molecule has 86 heavy (non-hydrogen) atoms. The predicted molar refractivity (Wildman–Crippen MR) is 361 cm³/mol. The van der Waals surface area contributed by atoms with E-state index in [1.54, 1.807) is 6.08 Å². The maximum Gasteiger partial charge on any atom is 0.306 e. The van der Waals surface area contributed by atoms with Crippen LogP contribution in [0.1, 0.15) is 316 Å². The van der Waals surface area contributed by atoms with Gasteiger partial charge in [-0.25, -0.2) is 0 Å². The highest BCUT2D eigenvalue weighted by Crippen LogP contribution is 2.26. The molecule has 11 heteroatoms. The minimum atomic E-state index is -1.62. The molecule has 0 radical (unpaired) electrons. The first-order valence-corrected chi connectivity index (χ1v) is 35.9. The number of aliphatic hydroxyl groups excluding tert-OH is 5. The second-order valence-electron chi connectivity index (χ2n) is 24.6. The Kier molecular flexibility index (Phi) is 58.3. The number of unbranched alkanes of at least 4 members (excludes halogenated alkanes) is 35. The first kappa shape index (κ1) is 80.9. The molecule has 0 aromatic rings. The third-order valence-corrected chi connectivity index (χ3v) is 16.5. The Hall–Kier alpha value is -3.16. The molecule has 0 aliphatic carbocycles. The molecule has 1 rings (SSSR count). The van der Waals surface area contributed by atoms with Crippen LogP contribution in [-0.4, -0.2) is 99.6 Å². The number of amides is 1. The van der Waals surface area contributed by atoms with Crippen LogP contribution >= 0.6 is 0 Å². The van der Waals surface area contributed by atoms with Crippen LogP contribution in [0.4, 0.5) is 0 Å². The van der Waals surface area contributed by atoms with Gasteiger partial charge in [0.2, 0.25) is 5.91 Å². The number of ether oxygens (including phenoxy) is 3. The summed E-state index contributed by atoms with van der Waals surface area (Å²) in [5.74, 6) is -1.20. The average Bonchev–Trinajstić information content (AvgIpc) is 3.39. The Morgan fingerprint density at radius 1 is 0.453 bits per heavy atom. The highest BCUT2D eigenvalue weighted by Gasteiger charge is 2.47. The van der Waals surface area contributed by atoms with Crippen molar-refractivity contribution in [2.45, 2.75) is 365 Å². The van der Waals surface area contributed by atoms with E-state index >= 15 is 0 Å². The minimum absolute atomic E-state index is 0.118. The van der Waals surface area contributed by atoms with Gasteiger partial charge in [-0.2, -0.15) is 0 Å². The molecule has 8 unspecified atom stereocenters. The van der Waals surface area contributed by atoms with Gasteiger partial charge in [0.25, 0.3) is 0 Å². The SMILES string of the molecule is CCCCC/C=C\C/C=C\C/C=C\CCCCCCCCCCCCCCC(=O)OC1C(OCC(NC(=O)C(O)CCCCCCCCC/C=C\C/C=C\C/C=C\CCCCC)C(O)/C=C/CCCCCCCCCCCC)OC(CO)C(O)C1O. The summed E-state index contributed by atoms with van der Waals surface area (Å²) in [6.45, 7) is 5.76. The van der Waals surface area contributed by atoms with Gasteiger partial charge >= 0.3 is 5.97 Å². The summed E-state index contributed by atoms with van der Waals surface area (Å²) >= 11 is 0. The average molecular weight is 1210 g/mol. The monoisotopic (exact) mass is 1210 g/mol. The molecule has 0 aromatic carbocycles. The number of nitrogens with one attached hydrogen (secondary N) is 1. The van der Waals surface area contributed by atoms with Gasteiger partial charge in [-0.05, 0) is 103 Å². The van der Waals surface area contributed by atoms with Crippen LogP contribution in [0.5, 0.6) is 0 Å². The molecule has 1 saturated heterocycles. The van der Waals surface area contributed by atoms with Crippen LogP contribution in [0, 0.1) is 0 Å². The molecule has 0 spiro atoms. The molecule has 1 amide bonds. The van der Waals surface area contributed by atoms with Crippen molar-refractivity contribution in [3.8, 4) is 0 Å². The van der Waals surface area contributed by atoms with Crippen molar-refractivity contribution in [3.05, 3.63) is 85.1 Å². The molecule has 1 heterocycles. The normalized spacial score (nSPS) is 18.8. The van der Waals surface area contributed by atoms with Gasteiger partial charge in [0, 0.05) is 6.42 Å². The molecule has 498 valence electrons. The lowest BCUT2D eigenvalue weighted by molar-refractivity contribution is -0.305. The van der Waals surface area contributed by atoms with Crippen molar-refractivity contribution in [3.63, 3.8) is 0 Å². The van der Waals surface area contributed by atoms with E-state index < -0.39 is 67.4 Å². The van der Waals surface area contributed by atoms with Crippen molar-refractivity contribution in [1.29, 1.82) is 0 Å². The van der Waals surface area contributed by atoms with Crippen LogP contribution < -0.4 is 5.32 Å². The van der Waals surface area contributed by atoms with E-state index in [9.17, 15) is 35.1 Å². The lowest BCUT2D eigenvalue weighted by Gasteiger charge is -2.41. The largest absolute Gasteiger partial charge is 0.454 e. The Balaban J connectivity index is 2.57. The predicted octanol–water partition coefficient (Wildman–Crippen LogP) is 18.5. The fraction of sp³-hybridized carbons (Fsp3) is 0.787. The number of allylic oxidation sites excluding steroid dienone is 13. The quantitative estimate of drug-likeness (QED) is 0.0195. The maximum atomic E-state index is 13.5. The van der Waals surface area contributed by atoms with E-state index in [1.807, 2.05) is 6.08 Å².